The lowest BCUT2D eigenvalue weighted by atomic mass is 9.94. The Hall–Kier alpha value is -3.69. The summed E-state index contributed by atoms with van der Waals surface area (Å²) in [6, 6.07) is 40.2. The highest BCUT2D eigenvalue weighted by Crippen LogP contribution is 2.35. The summed E-state index contributed by atoms with van der Waals surface area (Å²) < 4.78 is 5.44. The van der Waals surface area contributed by atoms with Crippen LogP contribution in [-0.2, 0) is 22.5 Å². The van der Waals surface area contributed by atoms with E-state index in [0.717, 1.165) is 18.5 Å². The molecule has 0 aliphatic carbocycles. The van der Waals surface area contributed by atoms with E-state index in [-0.39, 0.29) is 18.1 Å². The highest BCUT2D eigenvalue weighted by molar-refractivity contribution is 5.70. The Kier molecular flexibility index (Phi) is 9.07. The van der Waals surface area contributed by atoms with Gasteiger partial charge in [0, 0.05) is 18.6 Å². The summed E-state index contributed by atoms with van der Waals surface area (Å²) in [5.74, 6) is -0.172. The van der Waals surface area contributed by atoms with Crippen molar-refractivity contribution in [3.8, 4) is 0 Å². The number of hydrogen-bond acceptors (Lipinski definition) is 3. The standard InChI is InChI=1S/C33H35NO2/c1-3-36-33(35)24-32(31-21-13-18-29(23-31)22-27-14-7-4-8-15-27)34(25-28-16-9-5-10-17-28)26(2)30-19-11-6-12-20-30/h4-21,23,26,32H,3,22,24-25H2,1-2H3/t26-,32-/m0/s1. The van der Waals surface area contributed by atoms with Crippen LogP contribution in [0.4, 0.5) is 0 Å². The molecule has 0 radical (unpaired) electrons. The lowest BCUT2D eigenvalue weighted by Gasteiger charge is -2.37. The fourth-order valence-corrected chi connectivity index (χ4v) is 4.78. The van der Waals surface area contributed by atoms with Crippen LogP contribution < -0.4 is 0 Å². The average molecular weight is 478 g/mol. The van der Waals surface area contributed by atoms with Gasteiger partial charge in [-0.1, -0.05) is 115 Å². The molecule has 0 aliphatic heterocycles. The Bertz CT molecular complexity index is 1210. The van der Waals surface area contributed by atoms with Crippen molar-refractivity contribution in [2.45, 2.75) is 45.3 Å². The first-order valence-electron chi connectivity index (χ1n) is 12.8. The van der Waals surface area contributed by atoms with Gasteiger partial charge in [0.25, 0.3) is 0 Å². The monoisotopic (exact) mass is 477 g/mol. The van der Waals surface area contributed by atoms with E-state index in [1.165, 1.54) is 22.3 Å². The first-order valence-corrected chi connectivity index (χ1v) is 12.8. The Balaban J connectivity index is 1.73. The summed E-state index contributed by atoms with van der Waals surface area (Å²) in [6.45, 7) is 5.20. The molecule has 4 aromatic rings. The molecular formula is C33H35NO2. The summed E-state index contributed by atoms with van der Waals surface area (Å²) in [7, 11) is 0. The quantitative estimate of drug-likeness (QED) is 0.209. The fraction of sp³-hybridized carbons (Fsp3) is 0.242. The van der Waals surface area contributed by atoms with E-state index in [1.807, 2.05) is 25.1 Å². The van der Waals surface area contributed by atoms with E-state index in [1.54, 1.807) is 0 Å². The third kappa shape index (κ3) is 6.93. The first-order chi connectivity index (χ1) is 17.6. The molecule has 0 heterocycles. The molecule has 0 spiro atoms. The zero-order valence-corrected chi connectivity index (χ0v) is 21.2. The van der Waals surface area contributed by atoms with Gasteiger partial charge in [-0.3, -0.25) is 9.69 Å². The molecule has 0 fully saturated rings. The number of esters is 1. The number of carbonyl (C=O) groups is 1. The molecule has 0 saturated carbocycles. The Morgan fingerprint density at radius 3 is 1.92 bits per heavy atom. The van der Waals surface area contributed by atoms with Gasteiger partial charge in [-0.2, -0.15) is 0 Å². The molecule has 0 aliphatic rings. The molecule has 3 nitrogen and oxygen atoms in total. The van der Waals surface area contributed by atoms with Crippen LogP contribution in [0.15, 0.2) is 115 Å². The van der Waals surface area contributed by atoms with Gasteiger partial charge in [0.1, 0.15) is 0 Å². The maximum absolute atomic E-state index is 12.9. The minimum Gasteiger partial charge on any atom is -0.466 e. The smallest absolute Gasteiger partial charge is 0.307 e. The number of hydrogen-bond donors (Lipinski definition) is 0. The SMILES string of the molecule is CCOC(=O)C[C@@H](c1cccc(Cc2ccccc2)c1)N(Cc1ccccc1)[C@@H](C)c1ccccc1. The summed E-state index contributed by atoms with van der Waals surface area (Å²) in [6.07, 6.45) is 1.15. The molecule has 4 aromatic carbocycles. The molecule has 3 heteroatoms. The predicted molar refractivity (Wildman–Crippen MR) is 147 cm³/mol. The van der Waals surface area contributed by atoms with Gasteiger partial charge in [0.2, 0.25) is 0 Å². The van der Waals surface area contributed by atoms with Crippen molar-refractivity contribution in [1.29, 1.82) is 0 Å². The number of benzene rings is 4. The minimum absolute atomic E-state index is 0.101. The Morgan fingerprint density at radius 1 is 0.722 bits per heavy atom. The number of carbonyl (C=O) groups excluding carboxylic acids is 1. The Labute approximate surface area is 215 Å². The molecule has 0 saturated heterocycles. The summed E-state index contributed by atoms with van der Waals surface area (Å²) in [4.78, 5) is 15.3. The van der Waals surface area contributed by atoms with Crippen LogP contribution >= 0.6 is 0 Å². The lowest BCUT2D eigenvalue weighted by molar-refractivity contribution is -0.145. The molecule has 0 amide bonds. The van der Waals surface area contributed by atoms with E-state index in [2.05, 4.69) is 109 Å². The number of nitrogens with zero attached hydrogens (tertiary/aromatic N) is 1. The van der Waals surface area contributed by atoms with Crippen LogP contribution in [0.3, 0.4) is 0 Å². The van der Waals surface area contributed by atoms with E-state index < -0.39 is 0 Å². The van der Waals surface area contributed by atoms with Gasteiger partial charge >= 0.3 is 5.97 Å². The molecule has 184 valence electrons. The molecule has 36 heavy (non-hydrogen) atoms. The lowest BCUT2D eigenvalue weighted by Crippen LogP contribution is -2.33. The fourth-order valence-electron chi connectivity index (χ4n) is 4.78. The first kappa shape index (κ1) is 25.4. The number of ether oxygens (including phenoxy) is 1. The molecule has 0 aromatic heterocycles. The van der Waals surface area contributed by atoms with Crippen LogP contribution in [-0.4, -0.2) is 17.5 Å². The van der Waals surface area contributed by atoms with Crippen molar-refractivity contribution in [2.24, 2.45) is 0 Å². The highest BCUT2D eigenvalue weighted by Gasteiger charge is 2.29. The van der Waals surface area contributed by atoms with Crippen LogP contribution in [0.25, 0.3) is 0 Å². The summed E-state index contributed by atoms with van der Waals surface area (Å²) in [5.41, 5.74) is 6.09. The second-order valence-corrected chi connectivity index (χ2v) is 9.18. The van der Waals surface area contributed by atoms with E-state index >= 15 is 0 Å². The summed E-state index contributed by atoms with van der Waals surface area (Å²) in [5, 5.41) is 0. The molecular weight excluding hydrogens is 442 g/mol. The van der Waals surface area contributed by atoms with Crippen LogP contribution in [0, 0.1) is 0 Å². The Morgan fingerprint density at radius 2 is 1.28 bits per heavy atom. The highest BCUT2D eigenvalue weighted by atomic mass is 16.5. The average Bonchev–Trinajstić information content (AvgIpc) is 2.92. The van der Waals surface area contributed by atoms with Crippen LogP contribution in [0.5, 0.6) is 0 Å². The van der Waals surface area contributed by atoms with Crippen molar-refractivity contribution >= 4 is 5.97 Å². The van der Waals surface area contributed by atoms with Gasteiger partial charge in [0.05, 0.1) is 13.0 Å². The van der Waals surface area contributed by atoms with Gasteiger partial charge in [-0.25, -0.2) is 0 Å². The van der Waals surface area contributed by atoms with E-state index in [0.29, 0.717) is 13.0 Å². The summed E-state index contributed by atoms with van der Waals surface area (Å²) >= 11 is 0. The molecule has 0 N–H and O–H groups in total. The second kappa shape index (κ2) is 12.9. The molecule has 4 rings (SSSR count). The minimum atomic E-state index is -0.172. The topological polar surface area (TPSA) is 29.5 Å². The predicted octanol–water partition coefficient (Wildman–Crippen LogP) is 7.54. The second-order valence-electron chi connectivity index (χ2n) is 9.18. The van der Waals surface area contributed by atoms with Crippen molar-refractivity contribution < 1.29 is 9.53 Å². The van der Waals surface area contributed by atoms with Crippen LogP contribution in [0.1, 0.15) is 60.2 Å². The van der Waals surface area contributed by atoms with Gasteiger partial charge in [-0.05, 0) is 48.1 Å². The van der Waals surface area contributed by atoms with Crippen LogP contribution in [0.2, 0.25) is 0 Å². The van der Waals surface area contributed by atoms with Crippen molar-refractivity contribution in [3.63, 3.8) is 0 Å². The third-order valence-corrected chi connectivity index (χ3v) is 6.64. The van der Waals surface area contributed by atoms with Gasteiger partial charge in [0.15, 0.2) is 0 Å². The number of rotatable bonds is 11. The van der Waals surface area contributed by atoms with Crippen molar-refractivity contribution in [3.05, 3.63) is 143 Å². The van der Waals surface area contributed by atoms with Crippen molar-refractivity contribution in [1.82, 2.24) is 4.90 Å². The van der Waals surface area contributed by atoms with Gasteiger partial charge < -0.3 is 4.74 Å². The largest absolute Gasteiger partial charge is 0.466 e. The zero-order chi connectivity index (χ0) is 25.2. The maximum Gasteiger partial charge on any atom is 0.307 e. The van der Waals surface area contributed by atoms with Crippen molar-refractivity contribution in [2.75, 3.05) is 6.61 Å². The van der Waals surface area contributed by atoms with E-state index in [9.17, 15) is 4.79 Å². The third-order valence-electron chi connectivity index (χ3n) is 6.64. The normalized spacial score (nSPS) is 12.8. The maximum atomic E-state index is 12.9. The zero-order valence-electron chi connectivity index (χ0n) is 21.2. The van der Waals surface area contributed by atoms with Gasteiger partial charge in [-0.15, -0.1) is 0 Å². The molecule has 0 bridgehead atoms. The molecule has 0 unspecified atom stereocenters. The van der Waals surface area contributed by atoms with E-state index in [4.69, 9.17) is 4.74 Å². The molecule has 2 atom stereocenters.